The number of likely N-dealkylation sites (tertiary alicyclic amines) is 1. The van der Waals surface area contributed by atoms with E-state index in [-0.39, 0.29) is 11.8 Å². The van der Waals surface area contributed by atoms with Gasteiger partial charge in [0.1, 0.15) is 0 Å². The second kappa shape index (κ2) is 7.84. The summed E-state index contributed by atoms with van der Waals surface area (Å²) in [5.41, 5.74) is 2.30. The maximum atomic E-state index is 12.5. The standard InChI is InChI=1S/C20H29N5O2/c1-14-5-6-17-18(22-14)23-20(27-17)25-12-8-15(9-13-25)19(26)21-10-7-16-4-3-11-24(16)2/h5-6,15-16H,3-4,7-13H2,1-2H3,(H,21,26). The van der Waals surface area contributed by atoms with Gasteiger partial charge in [-0.1, -0.05) is 0 Å². The monoisotopic (exact) mass is 371 g/mol. The van der Waals surface area contributed by atoms with E-state index in [1.54, 1.807) is 0 Å². The molecule has 0 aliphatic carbocycles. The molecule has 1 unspecified atom stereocenters. The molecule has 2 fully saturated rings. The fraction of sp³-hybridized carbons (Fsp3) is 0.650. The highest BCUT2D eigenvalue weighted by Crippen LogP contribution is 2.26. The fourth-order valence-electron chi connectivity index (χ4n) is 4.22. The van der Waals surface area contributed by atoms with Crippen molar-refractivity contribution >= 4 is 23.2 Å². The number of oxazole rings is 1. The molecule has 2 aromatic heterocycles. The number of hydrogen-bond donors (Lipinski definition) is 1. The van der Waals surface area contributed by atoms with Crippen LogP contribution in [0.4, 0.5) is 6.01 Å². The fourth-order valence-corrected chi connectivity index (χ4v) is 4.22. The van der Waals surface area contributed by atoms with Crippen LogP contribution in [0.25, 0.3) is 11.2 Å². The Morgan fingerprint density at radius 1 is 1.22 bits per heavy atom. The Hall–Kier alpha value is -2.15. The van der Waals surface area contributed by atoms with Gasteiger partial charge in [0.05, 0.1) is 0 Å². The number of aromatic nitrogens is 2. The van der Waals surface area contributed by atoms with Gasteiger partial charge in [-0.15, -0.1) is 0 Å². The highest BCUT2D eigenvalue weighted by Gasteiger charge is 2.28. The number of amides is 1. The van der Waals surface area contributed by atoms with E-state index in [4.69, 9.17) is 4.42 Å². The average molecular weight is 371 g/mol. The second-order valence-corrected chi connectivity index (χ2v) is 7.89. The van der Waals surface area contributed by atoms with E-state index < -0.39 is 0 Å². The molecule has 4 heterocycles. The first-order chi connectivity index (χ1) is 13.1. The number of fused-ring (bicyclic) bond motifs is 1. The maximum absolute atomic E-state index is 12.5. The van der Waals surface area contributed by atoms with Crippen LogP contribution in [0, 0.1) is 12.8 Å². The third-order valence-corrected chi connectivity index (χ3v) is 5.97. The highest BCUT2D eigenvalue weighted by atomic mass is 16.4. The van der Waals surface area contributed by atoms with Crippen LogP contribution in [0.1, 0.15) is 37.8 Å². The average Bonchev–Trinajstić information content (AvgIpc) is 3.27. The summed E-state index contributed by atoms with van der Waals surface area (Å²) in [6.45, 7) is 5.49. The second-order valence-electron chi connectivity index (χ2n) is 7.89. The van der Waals surface area contributed by atoms with E-state index in [1.807, 2.05) is 19.1 Å². The van der Waals surface area contributed by atoms with E-state index in [2.05, 4.69) is 32.1 Å². The molecule has 0 spiro atoms. The summed E-state index contributed by atoms with van der Waals surface area (Å²) in [5, 5.41) is 3.15. The predicted octanol–water partition coefficient (Wildman–Crippen LogP) is 2.35. The van der Waals surface area contributed by atoms with Gasteiger partial charge in [-0.05, 0) is 64.8 Å². The Morgan fingerprint density at radius 2 is 2.04 bits per heavy atom. The number of carbonyl (C=O) groups is 1. The van der Waals surface area contributed by atoms with E-state index in [0.717, 1.165) is 44.6 Å². The third kappa shape index (κ3) is 4.08. The van der Waals surface area contributed by atoms with E-state index in [0.29, 0.717) is 23.3 Å². The molecule has 1 amide bonds. The Bertz CT molecular complexity index is 797. The van der Waals surface area contributed by atoms with Crippen LogP contribution in [0.15, 0.2) is 16.5 Å². The van der Waals surface area contributed by atoms with Crippen LogP contribution in [0.5, 0.6) is 0 Å². The molecule has 27 heavy (non-hydrogen) atoms. The van der Waals surface area contributed by atoms with Crippen molar-refractivity contribution in [1.82, 2.24) is 20.2 Å². The van der Waals surface area contributed by atoms with Crippen molar-refractivity contribution in [2.24, 2.45) is 5.92 Å². The zero-order chi connectivity index (χ0) is 18.8. The Balaban J connectivity index is 1.25. The van der Waals surface area contributed by atoms with Gasteiger partial charge in [-0.25, -0.2) is 4.98 Å². The highest BCUT2D eigenvalue weighted by molar-refractivity contribution is 5.79. The van der Waals surface area contributed by atoms with Crippen molar-refractivity contribution < 1.29 is 9.21 Å². The SMILES string of the molecule is Cc1ccc2oc(N3CCC(C(=O)NCCC4CCCN4C)CC3)nc2n1. The Labute approximate surface area is 160 Å². The van der Waals surface area contributed by atoms with Gasteiger partial charge < -0.3 is 19.5 Å². The van der Waals surface area contributed by atoms with Crippen molar-refractivity contribution in [2.45, 2.75) is 45.1 Å². The lowest BCUT2D eigenvalue weighted by Gasteiger charge is -2.30. The number of rotatable bonds is 5. The van der Waals surface area contributed by atoms with Crippen LogP contribution in [-0.4, -0.2) is 60.0 Å². The van der Waals surface area contributed by atoms with Gasteiger partial charge in [0, 0.05) is 37.3 Å². The number of nitrogens with zero attached hydrogens (tertiary/aromatic N) is 4. The molecule has 7 nitrogen and oxygen atoms in total. The number of piperidine rings is 1. The first kappa shape index (κ1) is 18.2. The van der Waals surface area contributed by atoms with Gasteiger partial charge >= 0.3 is 0 Å². The van der Waals surface area contributed by atoms with Crippen LogP contribution in [0.3, 0.4) is 0 Å². The van der Waals surface area contributed by atoms with Gasteiger partial charge in [0.2, 0.25) is 11.6 Å². The van der Waals surface area contributed by atoms with E-state index >= 15 is 0 Å². The van der Waals surface area contributed by atoms with Crippen molar-refractivity contribution in [1.29, 1.82) is 0 Å². The minimum atomic E-state index is 0.0901. The van der Waals surface area contributed by atoms with Gasteiger partial charge in [-0.3, -0.25) is 4.79 Å². The lowest BCUT2D eigenvalue weighted by molar-refractivity contribution is -0.125. The number of nitrogens with one attached hydrogen (secondary N) is 1. The molecule has 2 aliphatic rings. The van der Waals surface area contributed by atoms with Gasteiger partial charge in [-0.2, -0.15) is 4.98 Å². The molecule has 2 aromatic rings. The molecule has 4 rings (SSSR count). The molecule has 0 radical (unpaired) electrons. The molecule has 7 heteroatoms. The number of hydrogen-bond acceptors (Lipinski definition) is 6. The van der Waals surface area contributed by atoms with Crippen LogP contribution >= 0.6 is 0 Å². The van der Waals surface area contributed by atoms with Crippen LogP contribution in [-0.2, 0) is 4.79 Å². The van der Waals surface area contributed by atoms with E-state index in [9.17, 15) is 4.79 Å². The largest absolute Gasteiger partial charge is 0.422 e. The molecule has 146 valence electrons. The predicted molar refractivity (Wildman–Crippen MR) is 105 cm³/mol. The lowest BCUT2D eigenvalue weighted by Crippen LogP contribution is -2.41. The lowest BCUT2D eigenvalue weighted by atomic mass is 9.96. The maximum Gasteiger partial charge on any atom is 0.299 e. The summed E-state index contributed by atoms with van der Waals surface area (Å²) in [6, 6.07) is 5.09. The number of aryl methyl sites for hydroxylation is 1. The summed E-state index contributed by atoms with van der Waals surface area (Å²) < 4.78 is 5.84. The molecule has 1 N–H and O–H groups in total. The topological polar surface area (TPSA) is 74.5 Å². The van der Waals surface area contributed by atoms with Gasteiger partial charge in [0.15, 0.2) is 5.58 Å². The summed E-state index contributed by atoms with van der Waals surface area (Å²) in [4.78, 5) is 25.9. The number of carbonyl (C=O) groups excluding carboxylic acids is 1. The smallest absolute Gasteiger partial charge is 0.299 e. The summed E-state index contributed by atoms with van der Waals surface area (Å²) in [5.74, 6) is 0.289. The zero-order valence-electron chi connectivity index (χ0n) is 16.3. The zero-order valence-corrected chi connectivity index (χ0v) is 16.3. The Kier molecular flexibility index (Phi) is 5.29. The van der Waals surface area contributed by atoms with Crippen molar-refractivity contribution in [2.75, 3.05) is 38.1 Å². The molecule has 0 bridgehead atoms. The summed E-state index contributed by atoms with van der Waals surface area (Å²) in [6.07, 6.45) is 5.25. The minimum Gasteiger partial charge on any atom is -0.422 e. The molecule has 0 saturated carbocycles. The van der Waals surface area contributed by atoms with Crippen LogP contribution < -0.4 is 10.2 Å². The molecule has 0 aromatic carbocycles. The summed E-state index contributed by atoms with van der Waals surface area (Å²) in [7, 11) is 2.18. The quantitative estimate of drug-likeness (QED) is 0.870. The first-order valence-electron chi connectivity index (χ1n) is 10.1. The molecular formula is C20H29N5O2. The van der Waals surface area contributed by atoms with Crippen LogP contribution in [0.2, 0.25) is 0 Å². The third-order valence-electron chi connectivity index (χ3n) is 5.97. The normalized spacial score (nSPS) is 21.9. The summed E-state index contributed by atoms with van der Waals surface area (Å²) >= 11 is 0. The molecular weight excluding hydrogens is 342 g/mol. The first-order valence-corrected chi connectivity index (χ1v) is 10.1. The molecule has 2 aliphatic heterocycles. The number of pyridine rings is 1. The van der Waals surface area contributed by atoms with Crippen molar-refractivity contribution in [3.63, 3.8) is 0 Å². The van der Waals surface area contributed by atoms with Gasteiger partial charge in [0.25, 0.3) is 6.01 Å². The number of anilines is 1. The van der Waals surface area contributed by atoms with E-state index in [1.165, 1.54) is 19.4 Å². The molecule has 2 saturated heterocycles. The van der Waals surface area contributed by atoms with Crippen molar-refractivity contribution in [3.8, 4) is 0 Å². The minimum absolute atomic E-state index is 0.0901. The molecule has 1 atom stereocenters. The van der Waals surface area contributed by atoms with Crippen molar-refractivity contribution in [3.05, 3.63) is 17.8 Å². The Morgan fingerprint density at radius 3 is 2.78 bits per heavy atom.